The average molecular weight is 380 g/mol. The smallest absolute Gasteiger partial charge is 0.404 e. The Bertz CT molecular complexity index is 909. The SMILES string of the molecule is CN=C/C(=C\N)c1cc(C(F)(F)F)n2nc(C(=O)N3CCCCC3)cc2n1. The molecular weight excluding hydrogens is 361 g/mol. The molecule has 0 bridgehead atoms. The zero-order valence-electron chi connectivity index (χ0n) is 14.7. The summed E-state index contributed by atoms with van der Waals surface area (Å²) in [6.07, 6.45) is 0.533. The number of rotatable bonds is 3. The molecule has 1 amide bonds. The van der Waals surface area contributed by atoms with Gasteiger partial charge in [-0.25, -0.2) is 9.50 Å². The number of alkyl halides is 3. The van der Waals surface area contributed by atoms with Crippen LogP contribution in [0.2, 0.25) is 0 Å². The number of hydrogen-bond donors (Lipinski definition) is 1. The molecule has 0 radical (unpaired) electrons. The monoisotopic (exact) mass is 380 g/mol. The number of allylic oxidation sites excluding steroid dienone is 1. The number of aliphatic imine (C=N–C) groups is 1. The van der Waals surface area contributed by atoms with Crippen molar-refractivity contribution in [2.75, 3.05) is 20.1 Å². The molecule has 10 heteroatoms. The van der Waals surface area contributed by atoms with Crippen molar-refractivity contribution in [3.05, 3.63) is 35.4 Å². The molecule has 1 aliphatic rings. The van der Waals surface area contributed by atoms with Gasteiger partial charge in [0.25, 0.3) is 5.91 Å². The molecule has 2 aromatic rings. The highest BCUT2D eigenvalue weighted by atomic mass is 19.4. The number of aromatic nitrogens is 3. The van der Waals surface area contributed by atoms with Crippen molar-refractivity contribution in [3.8, 4) is 0 Å². The topological polar surface area (TPSA) is 88.9 Å². The molecule has 3 rings (SSSR count). The van der Waals surface area contributed by atoms with E-state index in [0.29, 0.717) is 17.6 Å². The van der Waals surface area contributed by atoms with Crippen LogP contribution in [0.1, 0.15) is 41.1 Å². The number of likely N-dealkylation sites (tertiary alicyclic amines) is 1. The zero-order valence-corrected chi connectivity index (χ0v) is 14.7. The minimum absolute atomic E-state index is 0.000188. The Labute approximate surface area is 153 Å². The number of hydrogen-bond acceptors (Lipinski definition) is 5. The van der Waals surface area contributed by atoms with Gasteiger partial charge in [0.05, 0.1) is 5.69 Å². The summed E-state index contributed by atoms with van der Waals surface area (Å²) in [4.78, 5) is 22.2. The van der Waals surface area contributed by atoms with Crippen LogP contribution >= 0.6 is 0 Å². The summed E-state index contributed by atoms with van der Waals surface area (Å²) in [5.74, 6) is -0.389. The van der Waals surface area contributed by atoms with Gasteiger partial charge in [0, 0.05) is 44.2 Å². The lowest BCUT2D eigenvalue weighted by Crippen LogP contribution is -2.35. The van der Waals surface area contributed by atoms with Gasteiger partial charge in [-0.15, -0.1) is 0 Å². The van der Waals surface area contributed by atoms with Gasteiger partial charge in [-0.05, 0) is 25.3 Å². The Hall–Kier alpha value is -2.91. The minimum Gasteiger partial charge on any atom is -0.404 e. The van der Waals surface area contributed by atoms with Crippen molar-refractivity contribution in [1.29, 1.82) is 0 Å². The molecule has 144 valence electrons. The Kier molecular flexibility index (Phi) is 5.15. The predicted octanol–water partition coefficient (Wildman–Crippen LogP) is 2.37. The molecule has 1 aliphatic heterocycles. The third kappa shape index (κ3) is 3.79. The standard InChI is InChI=1S/C17H19F3N6O/c1-22-10-11(9-21)12-7-14(17(18,19)20)26-15(23-12)8-13(24-26)16(27)25-5-3-2-4-6-25/h7-10H,2-6,21H2,1H3/b11-9+,22-10?. The molecule has 2 N–H and O–H groups in total. The Morgan fingerprint density at radius 2 is 1.93 bits per heavy atom. The predicted molar refractivity (Wildman–Crippen MR) is 94.3 cm³/mol. The fourth-order valence-corrected chi connectivity index (χ4v) is 3.02. The van der Waals surface area contributed by atoms with Crippen LogP contribution in [0.3, 0.4) is 0 Å². The maximum Gasteiger partial charge on any atom is 0.433 e. The van der Waals surface area contributed by atoms with Crippen LogP contribution in [0.5, 0.6) is 0 Å². The second-order valence-electron chi connectivity index (χ2n) is 6.19. The zero-order chi connectivity index (χ0) is 19.6. The summed E-state index contributed by atoms with van der Waals surface area (Å²) in [6.45, 7) is 1.15. The molecule has 27 heavy (non-hydrogen) atoms. The molecule has 0 atom stereocenters. The van der Waals surface area contributed by atoms with Crippen LogP contribution in [0.15, 0.2) is 23.3 Å². The highest BCUT2D eigenvalue weighted by Crippen LogP contribution is 2.31. The van der Waals surface area contributed by atoms with Gasteiger partial charge in [-0.1, -0.05) is 0 Å². The molecule has 0 aromatic carbocycles. The summed E-state index contributed by atoms with van der Waals surface area (Å²) >= 11 is 0. The molecule has 2 aromatic heterocycles. The van der Waals surface area contributed by atoms with Crippen molar-refractivity contribution < 1.29 is 18.0 Å². The van der Waals surface area contributed by atoms with E-state index in [1.807, 2.05) is 0 Å². The molecule has 7 nitrogen and oxygen atoms in total. The Morgan fingerprint density at radius 3 is 2.52 bits per heavy atom. The van der Waals surface area contributed by atoms with Crippen LogP contribution in [0.4, 0.5) is 13.2 Å². The second-order valence-corrected chi connectivity index (χ2v) is 6.19. The van der Waals surface area contributed by atoms with Crippen molar-refractivity contribution in [1.82, 2.24) is 19.5 Å². The molecule has 1 fully saturated rings. The van der Waals surface area contributed by atoms with Crippen LogP contribution in [-0.4, -0.2) is 51.8 Å². The third-order valence-electron chi connectivity index (χ3n) is 4.32. The van der Waals surface area contributed by atoms with Gasteiger partial charge in [-0.3, -0.25) is 9.79 Å². The highest BCUT2D eigenvalue weighted by molar-refractivity contribution is 6.09. The first-order valence-corrected chi connectivity index (χ1v) is 8.47. The second kappa shape index (κ2) is 7.37. The first-order chi connectivity index (χ1) is 12.8. The van der Waals surface area contributed by atoms with Crippen molar-refractivity contribution >= 4 is 23.3 Å². The summed E-state index contributed by atoms with van der Waals surface area (Å²) in [5, 5.41) is 3.89. The molecule has 0 saturated carbocycles. The number of piperidine rings is 1. The number of carbonyl (C=O) groups excluding carboxylic acids is 1. The van der Waals surface area contributed by atoms with E-state index in [4.69, 9.17) is 5.73 Å². The number of nitrogens with two attached hydrogens (primary N) is 1. The molecule has 0 aliphatic carbocycles. The molecule has 0 unspecified atom stereocenters. The van der Waals surface area contributed by atoms with Gasteiger partial charge < -0.3 is 10.6 Å². The van der Waals surface area contributed by atoms with E-state index in [0.717, 1.165) is 31.5 Å². The number of nitrogens with zero attached hydrogens (tertiary/aromatic N) is 5. The van der Waals surface area contributed by atoms with Gasteiger partial charge in [0.15, 0.2) is 17.0 Å². The lowest BCUT2D eigenvalue weighted by atomic mass is 10.1. The first-order valence-electron chi connectivity index (χ1n) is 8.47. The third-order valence-corrected chi connectivity index (χ3v) is 4.32. The van der Waals surface area contributed by atoms with Gasteiger partial charge in [0.1, 0.15) is 0 Å². The van der Waals surface area contributed by atoms with E-state index in [1.54, 1.807) is 4.90 Å². The van der Waals surface area contributed by atoms with Crippen LogP contribution in [0, 0.1) is 0 Å². The van der Waals surface area contributed by atoms with Crippen LogP contribution in [0.25, 0.3) is 11.2 Å². The molecule has 1 saturated heterocycles. The van der Waals surface area contributed by atoms with Crippen molar-refractivity contribution in [2.24, 2.45) is 10.7 Å². The van der Waals surface area contributed by atoms with E-state index in [1.165, 1.54) is 19.3 Å². The minimum atomic E-state index is -4.68. The van der Waals surface area contributed by atoms with E-state index in [2.05, 4.69) is 15.1 Å². The number of carbonyl (C=O) groups is 1. The van der Waals surface area contributed by atoms with Crippen molar-refractivity contribution in [2.45, 2.75) is 25.4 Å². The Morgan fingerprint density at radius 1 is 1.22 bits per heavy atom. The number of amides is 1. The van der Waals surface area contributed by atoms with Crippen molar-refractivity contribution in [3.63, 3.8) is 0 Å². The summed E-state index contributed by atoms with van der Waals surface area (Å²) in [6, 6.07) is 2.11. The summed E-state index contributed by atoms with van der Waals surface area (Å²) in [7, 11) is 1.47. The number of fused-ring (bicyclic) bond motifs is 1. The van der Waals surface area contributed by atoms with Gasteiger partial charge in [-0.2, -0.15) is 18.3 Å². The fraction of sp³-hybridized carbons (Fsp3) is 0.412. The normalized spacial score (nSPS) is 16.4. The molecule has 0 spiro atoms. The largest absolute Gasteiger partial charge is 0.433 e. The lowest BCUT2D eigenvalue weighted by molar-refractivity contribution is -0.142. The highest BCUT2D eigenvalue weighted by Gasteiger charge is 2.36. The number of halogens is 3. The van der Waals surface area contributed by atoms with Gasteiger partial charge >= 0.3 is 6.18 Å². The Balaban J connectivity index is 2.12. The molecular formula is C17H19F3N6O. The van der Waals surface area contributed by atoms with E-state index in [9.17, 15) is 18.0 Å². The maximum atomic E-state index is 13.5. The van der Waals surface area contributed by atoms with E-state index in [-0.39, 0.29) is 28.5 Å². The van der Waals surface area contributed by atoms with E-state index < -0.39 is 11.9 Å². The summed E-state index contributed by atoms with van der Waals surface area (Å²) < 4.78 is 41.3. The lowest BCUT2D eigenvalue weighted by Gasteiger charge is -2.25. The van der Waals surface area contributed by atoms with Gasteiger partial charge in [0.2, 0.25) is 0 Å². The average Bonchev–Trinajstić information content (AvgIpc) is 3.08. The molecule has 3 heterocycles. The van der Waals surface area contributed by atoms with Crippen LogP contribution < -0.4 is 5.73 Å². The van der Waals surface area contributed by atoms with Crippen LogP contribution in [-0.2, 0) is 6.18 Å². The van der Waals surface area contributed by atoms with E-state index >= 15 is 0 Å². The maximum absolute atomic E-state index is 13.5. The quantitative estimate of drug-likeness (QED) is 0.828. The first kappa shape index (κ1) is 18.9. The summed E-state index contributed by atoms with van der Waals surface area (Å²) in [5.41, 5.74) is 4.54. The fourth-order valence-electron chi connectivity index (χ4n) is 3.02.